The van der Waals surface area contributed by atoms with Gasteiger partial charge in [-0.25, -0.2) is 19.7 Å². The van der Waals surface area contributed by atoms with Gasteiger partial charge >= 0.3 is 12.1 Å². The van der Waals surface area contributed by atoms with Crippen molar-refractivity contribution in [3.8, 4) is 10.4 Å². The highest BCUT2D eigenvalue weighted by molar-refractivity contribution is 7.13. The van der Waals surface area contributed by atoms with Crippen LogP contribution in [0.2, 0.25) is 5.15 Å². The predicted molar refractivity (Wildman–Crippen MR) is 83.8 cm³/mol. The molecule has 0 atom stereocenters. The Balaban J connectivity index is 0.000000256. The SMILES string of the molecule is Nc1ncnc2c(-c3cccs3)cc(Cl)nc12.O=C(O)C(F)(F)F. The van der Waals surface area contributed by atoms with Gasteiger partial charge in [0.05, 0.1) is 0 Å². The Morgan fingerprint density at radius 1 is 1.29 bits per heavy atom. The maximum absolute atomic E-state index is 10.6. The number of hydrogen-bond donors (Lipinski definition) is 2. The fourth-order valence-corrected chi connectivity index (χ4v) is 2.58. The first-order valence-corrected chi connectivity index (χ1v) is 7.36. The molecule has 3 aromatic heterocycles. The smallest absolute Gasteiger partial charge is 0.475 e. The number of halogens is 4. The lowest BCUT2D eigenvalue weighted by atomic mass is 10.2. The van der Waals surface area contributed by atoms with E-state index in [1.807, 2.05) is 17.5 Å². The number of fused-ring (bicyclic) bond motifs is 1. The van der Waals surface area contributed by atoms with E-state index in [2.05, 4.69) is 15.0 Å². The third-order valence-electron chi connectivity index (χ3n) is 2.62. The van der Waals surface area contributed by atoms with Crippen LogP contribution in [0, 0.1) is 0 Å². The standard InChI is InChI=1S/C11H7ClN4S.C2HF3O2/c12-8-4-6(7-2-1-3-17-7)9-10(16-8)11(13)15-5-14-9;3-2(4,5)1(6)7/h1-5H,(H2,13,14,15);(H,6,7). The molecule has 0 amide bonds. The molecule has 0 saturated heterocycles. The van der Waals surface area contributed by atoms with Crippen molar-refractivity contribution in [1.82, 2.24) is 15.0 Å². The number of aliphatic carboxylic acids is 1. The summed E-state index contributed by atoms with van der Waals surface area (Å²) in [5.41, 5.74) is 7.98. The van der Waals surface area contributed by atoms with E-state index in [1.54, 1.807) is 17.4 Å². The van der Waals surface area contributed by atoms with Crippen LogP contribution in [0.1, 0.15) is 0 Å². The lowest BCUT2D eigenvalue weighted by Crippen LogP contribution is -2.21. The summed E-state index contributed by atoms with van der Waals surface area (Å²) in [6.07, 6.45) is -3.65. The second kappa shape index (κ2) is 6.97. The minimum absolute atomic E-state index is 0.343. The van der Waals surface area contributed by atoms with E-state index in [-0.39, 0.29) is 0 Å². The molecule has 11 heteroatoms. The van der Waals surface area contributed by atoms with Crippen LogP contribution in [0.25, 0.3) is 21.5 Å². The number of carbonyl (C=O) groups is 1. The highest BCUT2D eigenvalue weighted by Crippen LogP contribution is 2.32. The number of alkyl halides is 3. The minimum atomic E-state index is -5.08. The van der Waals surface area contributed by atoms with Crippen molar-refractivity contribution < 1.29 is 23.1 Å². The van der Waals surface area contributed by atoms with Gasteiger partial charge in [-0.05, 0) is 17.5 Å². The Bertz CT molecular complexity index is 872. The number of rotatable bonds is 1. The first-order valence-electron chi connectivity index (χ1n) is 6.11. The van der Waals surface area contributed by atoms with Crippen LogP contribution in [-0.4, -0.2) is 32.2 Å². The number of carboxylic acid groups (broad SMARTS) is 1. The molecule has 3 aromatic rings. The lowest BCUT2D eigenvalue weighted by molar-refractivity contribution is -0.192. The van der Waals surface area contributed by atoms with E-state index < -0.39 is 12.1 Å². The summed E-state index contributed by atoms with van der Waals surface area (Å²) in [5.74, 6) is -2.41. The van der Waals surface area contributed by atoms with Crippen molar-refractivity contribution in [3.63, 3.8) is 0 Å². The highest BCUT2D eigenvalue weighted by Gasteiger charge is 2.38. The molecule has 0 aliphatic heterocycles. The molecule has 0 unspecified atom stereocenters. The quantitative estimate of drug-likeness (QED) is 0.629. The van der Waals surface area contributed by atoms with Crippen molar-refractivity contribution in [3.05, 3.63) is 35.1 Å². The Kier molecular flexibility index (Phi) is 5.20. The van der Waals surface area contributed by atoms with Gasteiger partial charge in [-0.2, -0.15) is 13.2 Å². The van der Waals surface area contributed by atoms with Gasteiger partial charge in [0, 0.05) is 10.4 Å². The number of nitrogens with two attached hydrogens (primary N) is 1. The fourth-order valence-electron chi connectivity index (χ4n) is 1.65. The molecule has 3 heterocycles. The third kappa shape index (κ3) is 4.09. The van der Waals surface area contributed by atoms with Gasteiger partial charge in [-0.15, -0.1) is 11.3 Å². The van der Waals surface area contributed by atoms with Crippen molar-refractivity contribution in [2.45, 2.75) is 6.18 Å². The minimum Gasteiger partial charge on any atom is -0.475 e. The molecule has 24 heavy (non-hydrogen) atoms. The molecule has 3 N–H and O–H groups in total. The van der Waals surface area contributed by atoms with Gasteiger partial charge in [0.1, 0.15) is 22.5 Å². The van der Waals surface area contributed by atoms with E-state index in [0.717, 1.165) is 16.0 Å². The highest BCUT2D eigenvalue weighted by atomic mass is 35.5. The molecule has 0 bridgehead atoms. The number of anilines is 1. The Morgan fingerprint density at radius 2 is 1.96 bits per heavy atom. The maximum Gasteiger partial charge on any atom is 0.490 e. The van der Waals surface area contributed by atoms with E-state index in [4.69, 9.17) is 27.2 Å². The average molecular weight is 377 g/mol. The van der Waals surface area contributed by atoms with Crippen molar-refractivity contribution >= 4 is 45.8 Å². The zero-order valence-corrected chi connectivity index (χ0v) is 13.2. The maximum atomic E-state index is 10.6. The molecule has 6 nitrogen and oxygen atoms in total. The van der Waals surface area contributed by atoms with E-state index >= 15 is 0 Å². The number of thiophene rings is 1. The van der Waals surface area contributed by atoms with Crippen LogP contribution in [0.15, 0.2) is 29.9 Å². The first-order chi connectivity index (χ1) is 11.2. The van der Waals surface area contributed by atoms with Crippen LogP contribution in [0.3, 0.4) is 0 Å². The number of nitrogen functional groups attached to an aromatic ring is 1. The molecular formula is C13H8ClF3N4O2S. The van der Waals surface area contributed by atoms with Crippen LogP contribution >= 0.6 is 22.9 Å². The zero-order chi connectivity index (χ0) is 17.9. The third-order valence-corrected chi connectivity index (χ3v) is 3.71. The second-order valence-corrected chi connectivity index (χ2v) is 5.56. The fraction of sp³-hybridized carbons (Fsp3) is 0.0769. The summed E-state index contributed by atoms with van der Waals surface area (Å²) in [5, 5.41) is 9.52. The summed E-state index contributed by atoms with van der Waals surface area (Å²) in [7, 11) is 0. The number of pyridine rings is 1. The lowest BCUT2D eigenvalue weighted by Gasteiger charge is -2.05. The Labute approximate surface area is 141 Å². The van der Waals surface area contributed by atoms with Crippen LogP contribution in [-0.2, 0) is 4.79 Å². The van der Waals surface area contributed by atoms with Crippen molar-refractivity contribution in [1.29, 1.82) is 0 Å². The van der Waals surface area contributed by atoms with Gasteiger partial charge in [0.2, 0.25) is 0 Å². The Morgan fingerprint density at radius 3 is 2.50 bits per heavy atom. The summed E-state index contributed by atoms with van der Waals surface area (Å²) >= 11 is 7.61. The van der Waals surface area contributed by atoms with E-state index in [1.165, 1.54) is 6.33 Å². The molecule has 0 radical (unpaired) electrons. The number of nitrogens with zero attached hydrogens (tertiary/aromatic N) is 3. The molecular weight excluding hydrogens is 369 g/mol. The Hall–Kier alpha value is -2.46. The number of hydrogen-bond acceptors (Lipinski definition) is 6. The topological polar surface area (TPSA) is 102 Å². The summed E-state index contributed by atoms with van der Waals surface area (Å²) < 4.78 is 31.7. The molecule has 0 aliphatic rings. The van der Waals surface area contributed by atoms with Gasteiger partial charge in [0.25, 0.3) is 0 Å². The molecule has 0 aromatic carbocycles. The monoisotopic (exact) mass is 376 g/mol. The van der Waals surface area contributed by atoms with Crippen LogP contribution in [0.5, 0.6) is 0 Å². The van der Waals surface area contributed by atoms with Gasteiger partial charge in [-0.3, -0.25) is 0 Å². The molecule has 0 spiro atoms. The molecule has 0 aliphatic carbocycles. The molecule has 3 rings (SSSR count). The van der Waals surface area contributed by atoms with Gasteiger partial charge < -0.3 is 10.8 Å². The van der Waals surface area contributed by atoms with Gasteiger partial charge in [-0.1, -0.05) is 17.7 Å². The molecule has 126 valence electrons. The van der Waals surface area contributed by atoms with Crippen molar-refractivity contribution in [2.75, 3.05) is 5.73 Å². The summed E-state index contributed by atoms with van der Waals surface area (Å²) in [6, 6.07) is 5.78. The first kappa shape index (κ1) is 17.9. The summed E-state index contributed by atoms with van der Waals surface area (Å²) in [4.78, 5) is 22.3. The number of carboxylic acids is 1. The number of aromatic nitrogens is 3. The average Bonchev–Trinajstić information content (AvgIpc) is 3.01. The molecule has 0 fully saturated rings. The van der Waals surface area contributed by atoms with E-state index in [0.29, 0.717) is 16.5 Å². The summed E-state index contributed by atoms with van der Waals surface area (Å²) in [6.45, 7) is 0. The largest absolute Gasteiger partial charge is 0.490 e. The van der Waals surface area contributed by atoms with E-state index in [9.17, 15) is 13.2 Å². The van der Waals surface area contributed by atoms with Crippen LogP contribution < -0.4 is 5.73 Å². The van der Waals surface area contributed by atoms with Gasteiger partial charge in [0.15, 0.2) is 5.82 Å². The second-order valence-electron chi connectivity index (χ2n) is 4.23. The zero-order valence-electron chi connectivity index (χ0n) is 11.6. The van der Waals surface area contributed by atoms with Crippen molar-refractivity contribution in [2.24, 2.45) is 0 Å². The predicted octanol–water partition coefficient (Wildman–Crippen LogP) is 3.62. The van der Waals surface area contributed by atoms with Crippen LogP contribution in [0.4, 0.5) is 19.0 Å². The normalized spacial score (nSPS) is 11.0. The molecule has 0 saturated carbocycles.